The smallest absolute Gasteiger partial charge is 0.190 e. The molecule has 0 fully saturated rings. The molecule has 3 nitrogen and oxygen atoms in total. The van der Waals surface area contributed by atoms with Crippen LogP contribution in [0.3, 0.4) is 0 Å². The van der Waals surface area contributed by atoms with E-state index in [1.54, 1.807) is 0 Å². The average Bonchev–Trinajstić information content (AvgIpc) is 2.32. The Kier molecular flexibility index (Phi) is 3.13. The molecule has 3 heteroatoms. The molecule has 16 heavy (non-hydrogen) atoms. The summed E-state index contributed by atoms with van der Waals surface area (Å²) in [6.45, 7) is 3.70. The maximum atomic E-state index is 12.2. The highest BCUT2D eigenvalue weighted by molar-refractivity contribution is 6.09. The Hall–Kier alpha value is -1.51. The third-order valence-corrected chi connectivity index (χ3v) is 2.93. The van der Waals surface area contributed by atoms with E-state index in [9.17, 15) is 4.79 Å². The number of carbonyl (C=O) groups excluding carboxylic acids is 1. The number of nitrogens with zero attached hydrogens (tertiary/aromatic N) is 2. The average molecular weight is 216 g/mol. The van der Waals surface area contributed by atoms with Gasteiger partial charge in [0, 0.05) is 5.56 Å². The van der Waals surface area contributed by atoms with Crippen LogP contribution in [0.15, 0.2) is 17.7 Å². The van der Waals surface area contributed by atoms with Crippen molar-refractivity contribution >= 4 is 5.78 Å². The summed E-state index contributed by atoms with van der Waals surface area (Å²) >= 11 is 0. The maximum Gasteiger partial charge on any atom is 0.190 e. The fourth-order valence-corrected chi connectivity index (χ4v) is 2.00. The van der Waals surface area contributed by atoms with Crippen molar-refractivity contribution in [3.05, 3.63) is 34.7 Å². The molecule has 0 unspecified atom stereocenters. The van der Waals surface area contributed by atoms with E-state index in [-0.39, 0.29) is 5.78 Å². The Bertz CT molecular complexity index is 449. The number of aromatic nitrogens is 2. The van der Waals surface area contributed by atoms with Gasteiger partial charge >= 0.3 is 0 Å². The molecule has 1 heterocycles. The van der Waals surface area contributed by atoms with Gasteiger partial charge in [-0.1, -0.05) is 6.08 Å². The van der Waals surface area contributed by atoms with Crippen LogP contribution in [0.1, 0.15) is 47.4 Å². The van der Waals surface area contributed by atoms with Gasteiger partial charge in [0.25, 0.3) is 0 Å². The van der Waals surface area contributed by atoms with Gasteiger partial charge in [-0.25, -0.2) is 0 Å². The van der Waals surface area contributed by atoms with Gasteiger partial charge in [-0.3, -0.25) is 4.79 Å². The lowest BCUT2D eigenvalue weighted by atomic mass is 9.92. The van der Waals surface area contributed by atoms with Crippen molar-refractivity contribution < 1.29 is 4.79 Å². The van der Waals surface area contributed by atoms with Crippen molar-refractivity contribution in [2.75, 3.05) is 0 Å². The lowest BCUT2D eigenvalue weighted by Crippen LogP contribution is -2.10. The summed E-state index contributed by atoms with van der Waals surface area (Å²) in [5, 5.41) is 7.94. The van der Waals surface area contributed by atoms with E-state index in [4.69, 9.17) is 0 Å². The molecule has 1 aromatic rings. The van der Waals surface area contributed by atoms with Crippen LogP contribution in [0.4, 0.5) is 0 Å². The topological polar surface area (TPSA) is 42.9 Å². The predicted octanol–water partition coefficient (Wildman–Crippen LogP) is 2.78. The molecule has 84 valence electrons. The molecular formula is C13H16N2O. The highest BCUT2D eigenvalue weighted by Crippen LogP contribution is 2.22. The Labute approximate surface area is 95.6 Å². The number of ketones is 1. The second-order valence-electron chi connectivity index (χ2n) is 4.29. The molecule has 0 atom stereocenters. The summed E-state index contributed by atoms with van der Waals surface area (Å²) in [7, 11) is 0. The summed E-state index contributed by atoms with van der Waals surface area (Å²) in [6.07, 6.45) is 6.32. The van der Waals surface area contributed by atoms with E-state index in [0.717, 1.165) is 36.2 Å². The fraction of sp³-hybridized carbons (Fsp3) is 0.462. The normalized spacial score (nSPS) is 15.8. The van der Waals surface area contributed by atoms with Crippen molar-refractivity contribution in [2.45, 2.75) is 39.5 Å². The molecule has 0 aliphatic heterocycles. The van der Waals surface area contributed by atoms with Crippen LogP contribution in [-0.4, -0.2) is 16.0 Å². The highest BCUT2D eigenvalue weighted by Gasteiger charge is 2.17. The van der Waals surface area contributed by atoms with Gasteiger partial charge < -0.3 is 0 Å². The largest absolute Gasteiger partial charge is 0.289 e. The highest BCUT2D eigenvalue weighted by atomic mass is 16.1. The zero-order chi connectivity index (χ0) is 11.5. The minimum Gasteiger partial charge on any atom is -0.289 e. The van der Waals surface area contributed by atoms with E-state index in [2.05, 4.69) is 16.3 Å². The molecule has 0 spiro atoms. The van der Waals surface area contributed by atoms with Crippen LogP contribution in [0.2, 0.25) is 0 Å². The SMILES string of the molecule is Cc1cc(C(=O)C2=CCCCC2)c(C)nn1. The summed E-state index contributed by atoms with van der Waals surface area (Å²) < 4.78 is 0. The van der Waals surface area contributed by atoms with Gasteiger partial charge in [-0.15, -0.1) is 0 Å². The second-order valence-corrected chi connectivity index (χ2v) is 4.29. The number of rotatable bonds is 2. The first kappa shape index (κ1) is 11.0. The number of Topliss-reactive ketones (excluding diaryl/α,β-unsaturated/α-hetero) is 1. The summed E-state index contributed by atoms with van der Waals surface area (Å²) in [5.74, 6) is 0.134. The van der Waals surface area contributed by atoms with E-state index in [1.807, 2.05) is 19.9 Å². The lowest BCUT2D eigenvalue weighted by Gasteiger charge is -2.12. The molecule has 1 aliphatic rings. The summed E-state index contributed by atoms with van der Waals surface area (Å²) in [6, 6.07) is 1.83. The minimum atomic E-state index is 0.134. The molecule has 0 amide bonds. The van der Waals surface area contributed by atoms with E-state index < -0.39 is 0 Å². The zero-order valence-electron chi connectivity index (χ0n) is 9.79. The monoisotopic (exact) mass is 216 g/mol. The van der Waals surface area contributed by atoms with Gasteiger partial charge in [0.2, 0.25) is 0 Å². The van der Waals surface area contributed by atoms with Crippen LogP contribution in [0.5, 0.6) is 0 Å². The molecule has 0 saturated heterocycles. The van der Waals surface area contributed by atoms with Crippen LogP contribution < -0.4 is 0 Å². The summed E-state index contributed by atoms with van der Waals surface area (Å²) in [5.41, 5.74) is 3.18. The van der Waals surface area contributed by atoms with E-state index >= 15 is 0 Å². The first-order valence-corrected chi connectivity index (χ1v) is 5.73. The van der Waals surface area contributed by atoms with Gasteiger partial charge in [0.15, 0.2) is 5.78 Å². The number of carbonyl (C=O) groups is 1. The molecule has 0 N–H and O–H groups in total. The quantitative estimate of drug-likeness (QED) is 0.714. The lowest BCUT2D eigenvalue weighted by molar-refractivity contribution is 0.102. The standard InChI is InChI=1S/C13H16N2O/c1-9-8-12(10(2)15-14-9)13(16)11-6-4-3-5-7-11/h6,8H,3-5,7H2,1-2H3. The van der Waals surface area contributed by atoms with Gasteiger partial charge in [-0.05, 0) is 51.2 Å². The van der Waals surface area contributed by atoms with E-state index in [0.29, 0.717) is 5.56 Å². The molecule has 0 aromatic carbocycles. The van der Waals surface area contributed by atoms with Crippen LogP contribution in [0.25, 0.3) is 0 Å². The molecule has 1 aromatic heterocycles. The van der Waals surface area contributed by atoms with Crippen LogP contribution >= 0.6 is 0 Å². The maximum absolute atomic E-state index is 12.2. The predicted molar refractivity (Wildman–Crippen MR) is 62.4 cm³/mol. The molecule has 0 saturated carbocycles. The minimum absolute atomic E-state index is 0.134. The van der Waals surface area contributed by atoms with E-state index in [1.165, 1.54) is 6.42 Å². The Morgan fingerprint density at radius 2 is 2.06 bits per heavy atom. The number of aryl methyl sites for hydroxylation is 2. The molecule has 2 rings (SSSR count). The second kappa shape index (κ2) is 4.56. The van der Waals surface area contributed by atoms with Crippen molar-refractivity contribution in [1.82, 2.24) is 10.2 Å². The fourth-order valence-electron chi connectivity index (χ4n) is 2.00. The van der Waals surface area contributed by atoms with Crippen molar-refractivity contribution in [3.63, 3.8) is 0 Å². The third-order valence-electron chi connectivity index (χ3n) is 2.93. The molecule has 1 aliphatic carbocycles. The Balaban J connectivity index is 2.33. The number of allylic oxidation sites excluding steroid dienone is 2. The molecule has 0 radical (unpaired) electrons. The first-order valence-electron chi connectivity index (χ1n) is 5.73. The third kappa shape index (κ3) is 2.18. The van der Waals surface area contributed by atoms with Gasteiger partial charge in [0.1, 0.15) is 0 Å². The van der Waals surface area contributed by atoms with Crippen molar-refractivity contribution in [2.24, 2.45) is 0 Å². The number of hydrogen-bond acceptors (Lipinski definition) is 3. The Morgan fingerprint density at radius 3 is 2.75 bits per heavy atom. The van der Waals surface area contributed by atoms with Crippen molar-refractivity contribution in [3.8, 4) is 0 Å². The Morgan fingerprint density at radius 1 is 1.25 bits per heavy atom. The molecular weight excluding hydrogens is 200 g/mol. The summed E-state index contributed by atoms with van der Waals surface area (Å²) in [4.78, 5) is 12.2. The van der Waals surface area contributed by atoms with Gasteiger partial charge in [0.05, 0.1) is 11.4 Å². The van der Waals surface area contributed by atoms with Gasteiger partial charge in [-0.2, -0.15) is 10.2 Å². The number of hydrogen-bond donors (Lipinski definition) is 0. The van der Waals surface area contributed by atoms with Crippen molar-refractivity contribution in [1.29, 1.82) is 0 Å². The first-order chi connectivity index (χ1) is 7.68. The zero-order valence-corrected chi connectivity index (χ0v) is 9.79. The molecule has 0 bridgehead atoms. The van der Waals surface area contributed by atoms with Crippen LogP contribution in [0, 0.1) is 13.8 Å². The van der Waals surface area contributed by atoms with Crippen LogP contribution in [-0.2, 0) is 0 Å².